The standard InChI is InChI=1S/C28H25FN2O3/c29-24-10-4-8-21(20-6-2-1-3-7-20)26(24)28(33)31(18-19-12-13-19)16-15-30-27(32)23-9-5-11-25-22(23)14-17-34-25/h1-11,14,17,19H,12-13,15-16,18H2,(H,30,32). The number of fused-ring (bicyclic) bond motifs is 1. The van der Waals surface area contributed by atoms with Crippen LogP contribution in [-0.4, -0.2) is 36.3 Å². The molecular formula is C28H25FN2O3. The molecule has 172 valence electrons. The summed E-state index contributed by atoms with van der Waals surface area (Å²) in [5.74, 6) is -0.703. The van der Waals surface area contributed by atoms with Gasteiger partial charge in [0.2, 0.25) is 0 Å². The van der Waals surface area contributed by atoms with Gasteiger partial charge in [0.1, 0.15) is 11.4 Å². The second kappa shape index (κ2) is 9.51. The van der Waals surface area contributed by atoms with Crippen molar-refractivity contribution in [3.05, 3.63) is 96.0 Å². The minimum Gasteiger partial charge on any atom is -0.464 e. The summed E-state index contributed by atoms with van der Waals surface area (Å²) in [7, 11) is 0. The maximum Gasteiger partial charge on any atom is 0.257 e. The van der Waals surface area contributed by atoms with Crippen LogP contribution in [0, 0.1) is 11.7 Å². The molecule has 0 bridgehead atoms. The Balaban J connectivity index is 1.34. The Kier molecular flexibility index (Phi) is 6.12. The van der Waals surface area contributed by atoms with Gasteiger partial charge in [-0.2, -0.15) is 0 Å². The largest absolute Gasteiger partial charge is 0.464 e. The lowest BCUT2D eigenvalue weighted by molar-refractivity contribution is 0.0737. The second-order valence-corrected chi connectivity index (χ2v) is 8.62. The van der Waals surface area contributed by atoms with Crippen LogP contribution in [-0.2, 0) is 0 Å². The molecule has 34 heavy (non-hydrogen) atoms. The highest BCUT2D eigenvalue weighted by atomic mass is 19.1. The number of hydrogen-bond donors (Lipinski definition) is 1. The fourth-order valence-electron chi connectivity index (χ4n) is 4.24. The number of carbonyl (C=O) groups is 2. The number of rotatable bonds is 8. The zero-order valence-electron chi connectivity index (χ0n) is 18.7. The first-order chi connectivity index (χ1) is 16.6. The Hall–Kier alpha value is -3.93. The molecule has 0 radical (unpaired) electrons. The SMILES string of the molecule is O=C(NCCN(CC1CC1)C(=O)c1c(F)cccc1-c1ccccc1)c1cccc2occc12. The maximum atomic E-state index is 15.0. The molecule has 0 spiro atoms. The first-order valence-electron chi connectivity index (χ1n) is 11.5. The predicted octanol–water partition coefficient (Wildman–Crippen LogP) is 5.52. The van der Waals surface area contributed by atoms with Gasteiger partial charge in [-0.1, -0.05) is 48.5 Å². The summed E-state index contributed by atoms with van der Waals surface area (Å²) in [4.78, 5) is 28.0. The zero-order valence-corrected chi connectivity index (χ0v) is 18.7. The van der Waals surface area contributed by atoms with Crippen LogP contribution in [0.15, 0.2) is 83.5 Å². The smallest absolute Gasteiger partial charge is 0.257 e. The van der Waals surface area contributed by atoms with Crippen molar-refractivity contribution in [2.45, 2.75) is 12.8 Å². The van der Waals surface area contributed by atoms with E-state index in [1.165, 1.54) is 6.07 Å². The van der Waals surface area contributed by atoms with E-state index < -0.39 is 5.82 Å². The number of hydrogen-bond acceptors (Lipinski definition) is 3. The number of benzene rings is 3. The third-order valence-electron chi connectivity index (χ3n) is 6.18. The van der Waals surface area contributed by atoms with Crippen LogP contribution < -0.4 is 5.32 Å². The Labute approximate surface area is 197 Å². The van der Waals surface area contributed by atoms with Crippen LogP contribution >= 0.6 is 0 Å². The summed E-state index contributed by atoms with van der Waals surface area (Å²) >= 11 is 0. The third-order valence-corrected chi connectivity index (χ3v) is 6.18. The lowest BCUT2D eigenvalue weighted by atomic mass is 9.98. The van der Waals surface area contributed by atoms with E-state index >= 15 is 0 Å². The summed E-state index contributed by atoms with van der Waals surface area (Å²) in [6.07, 6.45) is 3.67. The molecule has 2 amide bonds. The van der Waals surface area contributed by atoms with Crippen LogP contribution in [0.3, 0.4) is 0 Å². The topological polar surface area (TPSA) is 62.6 Å². The number of amides is 2. The average Bonchev–Trinajstić information content (AvgIpc) is 3.55. The Morgan fingerprint density at radius 1 is 0.971 bits per heavy atom. The maximum absolute atomic E-state index is 15.0. The average molecular weight is 457 g/mol. The molecule has 3 aromatic carbocycles. The molecule has 0 atom stereocenters. The molecule has 1 fully saturated rings. The molecule has 1 aliphatic carbocycles. The molecule has 1 aliphatic rings. The number of carbonyl (C=O) groups excluding carboxylic acids is 2. The van der Waals surface area contributed by atoms with Crippen LogP contribution in [0.4, 0.5) is 4.39 Å². The van der Waals surface area contributed by atoms with E-state index in [0.29, 0.717) is 35.7 Å². The summed E-state index contributed by atoms with van der Waals surface area (Å²) in [5, 5.41) is 3.64. The molecule has 6 heteroatoms. The van der Waals surface area contributed by atoms with Gasteiger partial charge >= 0.3 is 0 Å². The van der Waals surface area contributed by atoms with Gasteiger partial charge in [0.05, 0.1) is 17.4 Å². The molecule has 1 heterocycles. The van der Waals surface area contributed by atoms with Crippen molar-refractivity contribution in [1.82, 2.24) is 10.2 Å². The van der Waals surface area contributed by atoms with Crippen molar-refractivity contribution >= 4 is 22.8 Å². The molecule has 0 saturated heterocycles. The van der Waals surface area contributed by atoms with Crippen molar-refractivity contribution in [1.29, 1.82) is 0 Å². The quantitative estimate of drug-likeness (QED) is 0.380. The van der Waals surface area contributed by atoms with Gasteiger partial charge < -0.3 is 14.6 Å². The molecule has 0 unspecified atom stereocenters. The molecule has 4 aromatic rings. The molecule has 1 saturated carbocycles. The van der Waals surface area contributed by atoms with Crippen molar-refractivity contribution in [2.24, 2.45) is 5.92 Å². The first-order valence-corrected chi connectivity index (χ1v) is 11.5. The van der Waals surface area contributed by atoms with Gasteiger partial charge in [0, 0.05) is 25.0 Å². The highest BCUT2D eigenvalue weighted by Crippen LogP contribution is 2.32. The predicted molar refractivity (Wildman–Crippen MR) is 129 cm³/mol. The van der Waals surface area contributed by atoms with E-state index in [2.05, 4.69) is 5.32 Å². The van der Waals surface area contributed by atoms with Gasteiger partial charge in [-0.05, 0) is 54.2 Å². The zero-order chi connectivity index (χ0) is 23.5. The van der Waals surface area contributed by atoms with E-state index in [-0.39, 0.29) is 23.9 Å². The highest BCUT2D eigenvalue weighted by Gasteiger charge is 2.29. The van der Waals surface area contributed by atoms with Crippen LogP contribution in [0.1, 0.15) is 33.6 Å². The van der Waals surface area contributed by atoms with Crippen LogP contribution in [0.25, 0.3) is 22.1 Å². The van der Waals surface area contributed by atoms with Gasteiger partial charge in [-0.25, -0.2) is 4.39 Å². The van der Waals surface area contributed by atoms with Gasteiger partial charge in [-0.3, -0.25) is 9.59 Å². The van der Waals surface area contributed by atoms with E-state index in [9.17, 15) is 14.0 Å². The van der Waals surface area contributed by atoms with Crippen molar-refractivity contribution < 1.29 is 18.4 Å². The van der Waals surface area contributed by atoms with E-state index in [4.69, 9.17) is 4.42 Å². The Morgan fingerprint density at radius 2 is 1.76 bits per heavy atom. The Bertz CT molecular complexity index is 1330. The van der Waals surface area contributed by atoms with Crippen molar-refractivity contribution in [3.8, 4) is 11.1 Å². The lowest BCUT2D eigenvalue weighted by Gasteiger charge is -2.24. The molecule has 1 N–H and O–H groups in total. The van der Waals surface area contributed by atoms with Crippen LogP contribution in [0.2, 0.25) is 0 Å². The van der Waals surface area contributed by atoms with Gasteiger partial charge in [0.15, 0.2) is 0 Å². The Morgan fingerprint density at radius 3 is 2.56 bits per heavy atom. The fourth-order valence-corrected chi connectivity index (χ4v) is 4.24. The minimum absolute atomic E-state index is 0.0730. The summed E-state index contributed by atoms with van der Waals surface area (Å²) in [6, 6.07) is 21.2. The molecular weight excluding hydrogens is 431 g/mol. The number of nitrogens with one attached hydrogen (secondary N) is 1. The van der Waals surface area contributed by atoms with E-state index in [1.807, 2.05) is 30.3 Å². The van der Waals surface area contributed by atoms with Gasteiger partial charge in [0.25, 0.3) is 11.8 Å². The van der Waals surface area contributed by atoms with Gasteiger partial charge in [-0.15, -0.1) is 0 Å². The third kappa shape index (κ3) is 4.57. The first kappa shape index (κ1) is 21.9. The van der Waals surface area contributed by atoms with Crippen molar-refractivity contribution in [2.75, 3.05) is 19.6 Å². The molecule has 1 aromatic heterocycles. The summed E-state index contributed by atoms with van der Waals surface area (Å²) < 4.78 is 20.3. The fraction of sp³-hybridized carbons (Fsp3) is 0.214. The van der Waals surface area contributed by atoms with E-state index in [0.717, 1.165) is 23.8 Å². The lowest BCUT2D eigenvalue weighted by Crippen LogP contribution is -2.40. The monoisotopic (exact) mass is 456 g/mol. The minimum atomic E-state index is -0.539. The number of halogens is 1. The highest BCUT2D eigenvalue weighted by molar-refractivity contribution is 6.06. The molecule has 5 rings (SSSR count). The molecule has 5 nitrogen and oxygen atoms in total. The van der Waals surface area contributed by atoms with Crippen molar-refractivity contribution in [3.63, 3.8) is 0 Å². The normalized spacial score (nSPS) is 13.1. The number of furan rings is 1. The van der Waals surface area contributed by atoms with Crippen LogP contribution in [0.5, 0.6) is 0 Å². The number of nitrogens with zero attached hydrogens (tertiary/aromatic N) is 1. The summed E-state index contributed by atoms with van der Waals surface area (Å²) in [6.45, 7) is 1.11. The summed E-state index contributed by atoms with van der Waals surface area (Å²) in [5.41, 5.74) is 2.60. The van der Waals surface area contributed by atoms with E-state index in [1.54, 1.807) is 47.6 Å². The molecule has 0 aliphatic heterocycles. The second-order valence-electron chi connectivity index (χ2n) is 8.62.